The van der Waals surface area contributed by atoms with E-state index in [0.717, 1.165) is 18.1 Å². The van der Waals surface area contributed by atoms with Gasteiger partial charge in [0.25, 0.3) is 0 Å². The highest BCUT2D eigenvalue weighted by Crippen LogP contribution is 2.28. The zero-order valence-corrected chi connectivity index (χ0v) is 11.8. The molecule has 4 nitrogen and oxygen atoms in total. The summed E-state index contributed by atoms with van der Waals surface area (Å²) < 4.78 is 16.4. The average Bonchev–Trinajstić information content (AvgIpc) is 3.09. The molecule has 1 N–H and O–H groups in total. The highest BCUT2D eigenvalue weighted by atomic mass is 16.5. The van der Waals surface area contributed by atoms with Gasteiger partial charge in [-0.1, -0.05) is 18.2 Å². The summed E-state index contributed by atoms with van der Waals surface area (Å²) in [5, 5.41) is 3.31. The van der Waals surface area contributed by atoms with Crippen LogP contribution >= 0.6 is 0 Å². The molecule has 0 fully saturated rings. The minimum Gasteiger partial charge on any atom is -0.462 e. The van der Waals surface area contributed by atoms with Crippen LogP contribution < -0.4 is 5.32 Å². The number of nitrogens with one attached hydrogen (secondary N) is 1. The maximum atomic E-state index is 5.83. The SMILES string of the molecule is CNC(c1ccc2c(c1)COC2)c1ccc(COC)o1. The lowest BCUT2D eigenvalue weighted by Crippen LogP contribution is -2.17. The molecule has 2 heterocycles. The van der Waals surface area contributed by atoms with Crippen molar-refractivity contribution < 1.29 is 13.9 Å². The van der Waals surface area contributed by atoms with E-state index in [1.165, 1.54) is 16.7 Å². The molecule has 0 bridgehead atoms. The number of rotatable bonds is 5. The van der Waals surface area contributed by atoms with Gasteiger partial charge in [-0.05, 0) is 35.9 Å². The second kappa shape index (κ2) is 5.79. The summed E-state index contributed by atoms with van der Waals surface area (Å²) in [6.45, 7) is 1.92. The number of fused-ring (bicyclic) bond motifs is 1. The zero-order chi connectivity index (χ0) is 13.9. The van der Waals surface area contributed by atoms with Gasteiger partial charge in [-0.15, -0.1) is 0 Å². The third-order valence-electron chi connectivity index (χ3n) is 3.62. The Labute approximate surface area is 118 Å². The number of furan rings is 1. The van der Waals surface area contributed by atoms with Gasteiger partial charge in [0.2, 0.25) is 0 Å². The lowest BCUT2D eigenvalue weighted by Gasteiger charge is -2.15. The number of hydrogen-bond donors (Lipinski definition) is 1. The zero-order valence-electron chi connectivity index (χ0n) is 11.8. The van der Waals surface area contributed by atoms with Crippen molar-refractivity contribution in [3.05, 3.63) is 58.5 Å². The van der Waals surface area contributed by atoms with E-state index in [-0.39, 0.29) is 6.04 Å². The van der Waals surface area contributed by atoms with Crippen molar-refractivity contribution in [3.8, 4) is 0 Å². The van der Waals surface area contributed by atoms with Gasteiger partial charge in [-0.25, -0.2) is 0 Å². The first-order valence-corrected chi connectivity index (χ1v) is 6.76. The maximum absolute atomic E-state index is 5.83. The molecular weight excluding hydrogens is 254 g/mol. The van der Waals surface area contributed by atoms with E-state index < -0.39 is 0 Å². The predicted octanol–water partition coefficient (Wildman–Crippen LogP) is 2.77. The van der Waals surface area contributed by atoms with E-state index in [2.05, 4.69) is 23.5 Å². The van der Waals surface area contributed by atoms with Gasteiger partial charge >= 0.3 is 0 Å². The fraction of sp³-hybridized carbons (Fsp3) is 0.375. The van der Waals surface area contributed by atoms with Gasteiger partial charge in [-0.3, -0.25) is 0 Å². The summed E-state index contributed by atoms with van der Waals surface area (Å²) in [4.78, 5) is 0. The van der Waals surface area contributed by atoms with E-state index in [1.807, 2.05) is 19.2 Å². The Morgan fingerprint density at radius 2 is 2.05 bits per heavy atom. The first-order chi connectivity index (χ1) is 9.81. The summed E-state index contributed by atoms with van der Waals surface area (Å²) in [5.74, 6) is 1.74. The lowest BCUT2D eigenvalue weighted by molar-refractivity contribution is 0.134. The molecule has 1 aliphatic rings. The van der Waals surface area contributed by atoms with Gasteiger partial charge in [0.05, 0.1) is 19.3 Å². The summed E-state index contributed by atoms with van der Waals surface area (Å²) in [6, 6.07) is 10.5. The Morgan fingerprint density at radius 3 is 2.85 bits per heavy atom. The molecule has 0 amide bonds. The largest absolute Gasteiger partial charge is 0.462 e. The van der Waals surface area contributed by atoms with E-state index in [1.54, 1.807) is 7.11 Å². The molecule has 0 aliphatic carbocycles. The van der Waals surface area contributed by atoms with Crippen molar-refractivity contribution in [2.75, 3.05) is 14.2 Å². The summed E-state index contributed by atoms with van der Waals surface area (Å²) in [7, 11) is 3.60. The molecule has 1 atom stereocenters. The van der Waals surface area contributed by atoms with Crippen molar-refractivity contribution in [2.45, 2.75) is 25.9 Å². The molecule has 2 aromatic rings. The van der Waals surface area contributed by atoms with Crippen molar-refractivity contribution in [1.82, 2.24) is 5.32 Å². The molecule has 1 aliphatic heterocycles. The van der Waals surface area contributed by atoms with Crippen LogP contribution in [0.25, 0.3) is 0 Å². The summed E-state index contributed by atoms with van der Waals surface area (Å²) in [5.41, 5.74) is 3.74. The highest BCUT2D eigenvalue weighted by molar-refractivity contribution is 5.37. The van der Waals surface area contributed by atoms with Crippen LogP contribution in [-0.4, -0.2) is 14.2 Å². The second-order valence-electron chi connectivity index (χ2n) is 4.98. The molecule has 1 aromatic carbocycles. The maximum Gasteiger partial charge on any atom is 0.129 e. The molecule has 0 radical (unpaired) electrons. The molecule has 0 saturated carbocycles. The van der Waals surface area contributed by atoms with Crippen molar-refractivity contribution >= 4 is 0 Å². The summed E-state index contributed by atoms with van der Waals surface area (Å²) >= 11 is 0. The van der Waals surface area contributed by atoms with Gasteiger partial charge in [0.1, 0.15) is 18.1 Å². The van der Waals surface area contributed by atoms with Crippen LogP contribution in [0.4, 0.5) is 0 Å². The fourth-order valence-electron chi connectivity index (χ4n) is 2.61. The molecule has 1 aromatic heterocycles. The van der Waals surface area contributed by atoms with Crippen molar-refractivity contribution in [2.24, 2.45) is 0 Å². The highest BCUT2D eigenvalue weighted by Gasteiger charge is 2.19. The smallest absolute Gasteiger partial charge is 0.129 e. The van der Waals surface area contributed by atoms with Crippen LogP contribution in [0.2, 0.25) is 0 Å². The second-order valence-corrected chi connectivity index (χ2v) is 4.98. The third kappa shape index (κ3) is 2.50. The molecule has 106 valence electrons. The van der Waals surface area contributed by atoms with Gasteiger partial charge < -0.3 is 19.2 Å². The van der Waals surface area contributed by atoms with Crippen molar-refractivity contribution in [1.29, 1.82) is 0 Å². The minimum atomic E-state index is 0.0477. The normalized spacial score (nSPS) is 15.3. The molecule has 3 rings (SSSR count). The molecule has 4 heteroatoms. The summed E-state index contributed by atoms with van der Waals surface area (Å²) in [6.07, 6.45) is 0. The van der Waals surface area contributed by atoms with Gasteiger partial charge in [0, 0.05) is 7.11 Å². The van der Waals surface area contributed by atoms with E-state index in [0.29, 0.717) is 13.2 Å². The Morgan fingerprint density at radius 1 is 1.20 bits per heavy atom. The van der Waals surface area contributed by atoms with Crippen molar-refractivity contribution in [3.63, 3.8) is 0 Å². The average molecular weight is 273 g/mol. The van der Waals surface area contributed by atoms with Crippen LogP contribution in [0.1, 0.15) is 34.3 Å². The minimum absolute atomic E-state index is 0.0477. The number of ether oxygens (including phenoxy) is 2. The Balaban J connectivity index is 1.88. The number of hydrogen-bond acceptors (Lipinski definition) is 4. The van der Waals surface area contributed by atoms with Crippen LogP contribution in [0.3, 0.4) is 0 Å². The lowest BCUT2D eigenvalue weighted by atomic mass is 10.00. The third-order valence-corrected chi connectivity index (χ3v) is 3.62. The van der Waals surface area contributed by atoms with Gasteiger partial charge in [0.15, 0.2) is 0 Å². The van der Waals surface area contributed by atoms with E-state index >= 15 is 0 Å². The Hall–Kier alpha value is -1.62. The molecule has 1 unspecified atom stereocenters. The Kier molecular flexibility index (Phi) is 3.87. The fourth-order valence-corrected chi connectivity index (χ4v) is 2.61. The first kappa shape index (κ1) is 13.4. The first-order valence-electron chi connectivity index (χ1n) is 6.76. The van der Waals surface area contributed by atoms with Crippen LogP contribution in [0.5, 0.6) is 0 Å². The van der Waals surface area contributed by atoms with Crippen LogP contribution in [0, 0.1) is 0 Å². The molecule has 0 saturated heterocycles. The Bertz CT molecular complexity index is 591. The van der Waals surface area contributed by atoms with Crippen LogP contribution in [0.15, 0.2) is 34.7 Å². The van der Waals surface area contributed by atoms with Gasteiger partial charge in [-0.2, -0.15) is 0 Å². The molecule has 0 spiro atoms. The standard InChI is InChI=1S/C16H19NO3/c1-17-16(15-6-5-14(20-15)10-18-2)11-3-4-12-8-19-9-13(12)7-11/h3-7,16-17H,8-10H2,1-2H3. The topological polar surface area (TPSA) is 43.6 Å². The molecular formula is C16H19NO3. The monoisotopic (exact) mass is 273 g/mol. The quantitative estimate of drug-likeness (QED) is 0.909. The molecule has 20 heavy (non-hydrogen) atoms. The van der Waals surface area contributed by atoms with Crippen LogP contribution in [-0.2, 0) is 29.3 Å². The van der Waals surface area contributed by atoms with E-state index in [4.69, 9.17) is 13.9 Å². The predicted molar refractivity (Wildman–Crippen MR) is 75.3 cm³/mol. The number of benzene rings is 1. The van der Waals surface area contributed by atoms with E-state index in [9.17, 15) is 0 Å². The number of methoxy groups -OCH3 is 1.